The van der Waals surface area contributed by atoms with Crippen LogP contribution in [-0.2, 0) is 4.74 Å². The van der Waals surface area contributed by atoms with Gasteiger partial charge in [-0.2, -0.15) is 0 Å². The fourth-order valence-electron chi connectivity index (χ4n) is 4.98. The highest BCUT2D eigenvalue weighted by Gasteiger charge is 2.54. The number of hydrogen-bond acceptors (Lipinski definition) is 5. The zero-order valence-electron chi connectivity index (χ0n) is 16.7. The molecule has 3 saturated heterocycles. The van der Waals surface area contributed by atoms with Crippen LogP contribution in [0.4, 0.5) is 0 Å². The predicted octanol–water partition coefficient (Wildman–Crippen LogP) is 1.56. The van der Waals surface area contributed by atoms with Crippen LogP contribution in [0, 0.1) is 5.92 Å². The van der Waals surface area contributed by atoms with Crippen molar-refractivity contribution in [3.8, 4) is 5.75 Å². The minimum absolute atomic E-state index is 0.0870. The number of benzene rings is 1. The van der Waals surface area contributed by atoms with Crippen molar-refractivity contribution in [1.29, 1.82) is 0 Å². The van der Waals surface area contributed by atoms with E-state index in [-0.39, 0.29) is 11.4 Å². The lowest BCUT2D eigenvalue weighted by molar-refractivity contribution is -0.159. The lowest BCUT2D eigenvalue weighted by atomic mass is 9.82. The molecule has 4 rings (SSSR count). The maximum Gasteiger partial charge on any atom is 0.253 e. The Morgan fingerprint density at radius 2 is 2.00 bits per heavy atom. The normalized spacial score (nSPS) is 25.3. The Morgan fingerprint density at radius 3 is 2.67 bits per heavy atom. The molecule has 1 aromatic rings. The molecule has 0 saturated carbocycles. The van der Waals surface area contributed by atoms with Crippen LogP contribution >= 0.6 is 0 Å². The maximum atomic E-state index is 13.2. The first kappa shape index (κ1) is 18.7. The van der Waals surface area contributed by atoms with Gasteiger partial charge in [0.2, 0.25) is 0 Å². The van der Waals surface area contributed by atoms with Crippen LogP contribution < -0.4 is 4.74 Å². The number of fused-ring (bicyclic) bond motifs is 2. The van der Waals surface area contributed by atoms with Crippen LogP contribution in [0.5, 0.6) is 5.75 Å². The molecule has 0 radical (unpaired) electrons. The number of rotatable bonds is 4. The van der Waals surface area contributed by atoms with E-state index in [1.807, 2.05) is 29.2 Å². The van der Waals surface area contributed by atoms with Crippen molar-refractivity contribution in [3.05, 3.63) is 29.8 Å². The number of hydrogen-bond donors (Lipinski definition) is 0. The lowest BCUT2D eigenvalue weighted by Gasteiger charge is -2.63. The lowest BCUT2D eigenvalue weighted by Crippen LogP contribution is -2.81. The summed E-state index contributed by atoms with van der Waals surface area (Å²) in [7, 11) is 1.64. The number of piperazine rings is 1. The summed E-state index contributed by atoms with van der Waals surface area (Å²) in [5.41, 5.74) is 0.818. The van der Waals surface area contributed by atoms with Gasteiger partial charge in [0.25, 0.3) is 5.91 Å². The Morgan fingerprint density at radius 1 is 1.26 bits per heavy atom. The summed E-state index contributed by atoms with van der Waals surface area (Å²) >= 11 is 0. The standard InChI is InChI=1S/C21H31N3O3/c1-16(2)10-22-13-21(14-22)15-23(11-18-12-27-9-8-24(18)21)20(25)17-4-6-19(26-3)7-5-17/h4-7,16,18H,8-15H2,1-3H3. The van der Waals surface area contributed by atoms with E-state index in [1.54, 1.807) is 7.11 Å². The summed E-state index contributed by atoms with van der Waals surface area (Å²) < 4.78 is 11.0. The van der Waals surface area contributed by atoms with E-state index in [4.69, 9.17) is 9.47 Å². The minimum atomic E-state index is 0.0870. The van der Waals surface area contributed by atoms with Gasteiger partial charge in [-0.3, -0.25) is 14.6 Å². The summed E-state index contributed by atoms with van der Waals surface area (Å²) in [6.07, 6.45) is 0. The third kappa shape index (κ3) is 3.58. The van der Waals surface area contributed by atoms with E-state index in [9.17, 15) is 4.79 Å². The molecule has 3 aliphatic rings. The topological polar surface area (TPSA) is 45.2 Å². The largest absolute Gasteiger partial charge is 0.497 e. The monoisotopic (exact) mass is 373 g/mol. The third-order valence-electron chi connectivity index (χ3n) is 6.04. The maximum absolute atomic E-state index is 13.2. The molecular formula is C21H31N3O3. The third-order valence-corrected chi connectivity index (χ3v) is 6.04. The van der Waals surface area contributed by atoms with Gasteiger partial charge < -0.3 is 14.4 Å². The van der Waals surface area contributed by atoms with Crippen LogP contribution in [0.3, 0.4) is 0 Å². The molecule has 27 heavy (non-hydrogen) atoms. The van der Waals surface area contributed by atoms with E-state index in [0.717, 1.165) is 63.8 Å². The second-order valence-electron chi connectivity index (χ2n) is 8.62. The molecule has 0 aromatic heterocycles. The summed E-state index contributed by atoms with van der Waals surface area (Å²) in [5.74, 6) is 1.56. The van der Waals surface area contributed by atoms with Crippen molar-refractivity contribution in [1.82, 2.24) is 14.7 Å². The molecule has 6 nitrogen and oxygen atoms in total. The van der Waals surface area contributed by atoms with Crippen LogP contribution in [0.15, 0.2) is 24.3 Å². The SMILES string of the molecule is COc1ccc(C(=O)N2CC3COCCN3C3(CN(CC(C)C)C3)C2)cc1. The van der Waals surface area contributed by atoms with Crippen molar-refractivity contribution < 1.29 is 14.3 Å². The van der Waals surface area contributed by atoms with Crippen molar-refractivity contribution >= 4 is 5.91 Å². The second kappa shape index (κ2) is 7.41. The Bertz CT molecular complexity index is 670. The molecule has 1 spiro atoms. The number of carbonyl (C=O) groups is 1. The Kier molecular flexibility index (Phi) is 5.14. The van der Waals surface area contributed by atoms with Crippen LogP contribution in [0.2, 0.25) is 0 Å². The summed E-state index contributed by atoms with van der Waals surface area (Å²) in [6, 6.07) is 7.75. The van der Waals surface area contributed by atoms with E-state index >= 15 is 0 Å². The highest BCUT2D eigenvalue weighted by Crippen LogP contribution is 2.36. The summed E-state index contributed by atoms with van der Waals surface area (Å²) in [5, 5.41) is 0. The molecular weight excluding hydrogens is 342 g/mol. The van der Waals surface area contributed by atoms with Gasteiger partial charge in [0, 0.05) is 44.8 Å². The van der Waals surface area contributed by atoms with Crippen molar-refractivity contribution in [2.75, 3.05) is 59.6 Å². The Hall–Kier alpha value is -1.63. The zero-order valence-corrected chi connectivity index (χ0v) is 16.7. The first-order valence-electron chi connectivity index (χ1n) is 10.0. The zero-order chi connectivity index (χ0) is 19.0. The molecule has 6 heteroatoms. The fraction of sp³-hybridized carbons (Fsp3) is 0.667. The number of carbonyl (C=O) groups excluding carboxylic acids is 1. The molecule has 148 valence electrons. The highest BCUT2D eigenvalue weighted by molar-refractivity contribution is 5.94. The number of amides is 1. The number of morpholine rings is 1. The van der Waals surface area contributed by atoms with E-state index in [1.165, 1.54) is 0 Å². The van der Waals surface area contributed by atoms with Crippen LogP contribution in [0.25, 0.3) is 0 Å². The smallest absolute Gasteiger partial charge is 0.253 e. The fourth-order valence-corrected chi connectivity index (χ4v) is 4.98. The second-order valence-corrected chi connectivity index (χ2v) is 8.62. The minimum Gasteiger partial charge on any atom is -0.497 e. The average molecular weight is 373 g/mol. The van der Waals surface area contributed by atoms with Crippen molar-refractivity contribution in [2.45, 2.75) is 25.4 Å². The highest BCUT2D eigenvalue weighted by atomic mass is 16.5. The van der Waals surface area contributed by atoms with Crippen LogP contribution in [0.1, 0.15) is 24.2 Å². The van der Waals surface area contributed by atoms with Gasteiger partial charge in [-0.05, 0) is 30.2 Å². The quantitative estimate of drug-likeness (QED) is 0.802. The molecule has 0 N–H and O–H groups in total. The van der Waals surface area contributed by atoms with Crippen molar-refractivity contribution in [3.63, 3.8) is 0 Å². The molecule has 0 aliphatic carbocycles. The van der Waals surface area contributed by atoms with Crippen molar-refractivity contribution in [2.24, 2.45) is 5.92 Å². The number of nitrogens with zero attached hydrogens (tertiary/aromatic N) is 3. The Balaban J connectivity index is 1.51. The van der Waals surface area contributed by atoms with Crippen LogP contribution in [-0.4, -0.2) is 91.8 Å². The number of ether oxygens (including phenoxy) is 2. The number of methoxy groups -OCH3 is 1. The summed E-state index contributed by atoms with van der Waals surface area (Å²) in [4.78, 5) is 20.4. The molecule has 1 aromatic carbocycles. The van der Waals surface area contributed by atoms with E-state index in [0.29, 0.717) is 12.0 Å². The number of likely N-dealkylation sites (tertiary alicyclic amines) is 1. The molecule has 3 heterocycles. The molecule has 1 atom stereocenters. The Labute approximate surface area is 162 Å². The average Bonchev–Trinajstić information content (AvgIpc) is 2.65. The first-order valence-corrected chi connectivity index (χ1v) is 10.0. The van der Waals surface area contributed by atoms with Gasteiger partial charge in [-0.15, -0.1) is 0 Å². The van der Waals surface area contributed by atoms with E-state index in [2.05, 4.69) is 23.6 Å². The summed E-state index contributed by atoms with van der Waals surface area (Å²) in [6.45, 7) is 11.8. The van der Waals surface area contributed by atoms with E-state index < -0.39 is 0 Å². The van der Waals surface area contributed by atoms with Gasteiger partial charge in [0.05, 0.1) is 31.9 Å². The van der Waals surface area contributed by atoms with Gasteiger partial charge in [0.1, 0.15) is 5.75 Å². The molecule has 0 bridgehead atoms. The van der Waals surface area contributed by atoms with Gasteiger partial charge in [0.15, 0.2) is 0 Å². The van der Waals surface area contributed by atoms with Gasteiger partial charge in [-0.25, -0.2) is 0 Å². The molecule has 1 unspecified atom stereocenters. The molecule has 3 aliphatic heterocycles. The first-order chi connectivity index (χ1) is 13.0. The van der Waals surface area contributed by atoms with Gasteiger partial charge in [-0.1, -0.05) is 13.8 Å². The van der Waals surface area contributed by atoms with Gasteiger partial charge >= 0.3 is 0 Å². The molecule has 3 fully saturated rings. The predicted molar refractivity (Wildman–Crippen MR) is 104 cm³/mol. The molecule has 1 amide bonds.